The van der Waals surface area contributed by atoms with E-state index in [1.165, 1.54) is 0 Å². The first-order valence-electron chi connectivity index (χ1n) is 2.43. The normalized spacial score (nSPS) is 9.43. The Balaban J connectivity index is 2.45. The number of aliphatic hydroxyl groups excluding tert-OH is 1. The minimum atomic E-state index is 0.241. The zero-order valence-corrected chi connectivity index (χ0v) is 5.51. The Morgan fingerprint density at radius 3 is 2.57 bits per heavy atom. The Morgan fingerprint density at radius 1 is 1.43 bits per heavy atom. The van der Waals surface area contributed by atoms with Gasteiger partial charge in [-0.05, 0) is 12.7 Å². The molecule has 0 saturated carbocycles. The van der Waals surface area contributed by atoms with Crippen LogP contribution in [0.4, 0.5) is 0 Å². The van der Waals surface area contributed by atoms with Crippen molar-refractivity contribution in [2.45, 2.75) is 0 Å². The van der Waals surface area contributed by atoms with Gasteiger partial charge in [0.15, 0.2) is 0 Å². The maximum Gasteiger partial charge on any atom is 0.0555 e. The lowest BCUT2D eigenvalue weighted by Crippen LogP contribution is -2.19. The molecule has 0 saturated heterocycles. The third-order valence-corrected chi connectivity index (χ3v) is 0.898. The minimum absolute atomic E-state index is 0.241. The van der Waals surface area contributed by atoms with E-state index in [0.29, 0.717) is 6.54 Å². The first-order valence-corrected chi connectivity index (χ1v) is 3.25. The van der Waals surface area contributed by atoms with E-state index < -0.39 is 0 Å². The first-order chi connectivity index (χ1) is 3.41. The molecule has 0 amide bonds. The van der Waals surface area contributed by atoms with Crippen LogP contribution in [0.2, 0.25) is 0 Å². The van der Waals surface area contributed by atoms with Crippen LogP contribution in [0.15, 0.2) is 0 Å². The van der Waals surface area contributed by atoms with E-state index in [1.807, 2.05) is 0 Å². The van der Waals surface area contributed by atoms with Crippen LogP contribution in [-0.4, -0.2) is 31.0 Å². The highest BCUT2D eigenvalue weighted by molar-refractivity contribution is 7.16. The van der Waals surface area contributed by atoms with Gasteiger partial charge < -0.3 is 10.4 Å². The molecule has 1 atom stereocenters. The molecule has 3 heteroatoms. The second-order valence-electron chi connectivity index (χ2n) is 1.26. The lowest BCUT2D eigenvalue weighted by molar-refractivity contribution is 0.294. The van der Waals surface area contributed by atoms with Crippen molar-refractivity contribution < 1.29 is 5.11 Å². The maximum atomic E-state index is 8.22. The number of nitrogens with one attached hydrogen (secondary N) is 1. The first kappa shape index (κ1) is 7.35. The maximum absolute atomic E-state index is 8.22. The van der Waals surface area contributed by atoms with Crippen LogP contribution >= 0.6 is 9.24 Å². The van der Waals surface area contributed by atoms with E-state index in [4.69, 9.17) is 5.11 Å². The number of hydrogen-bond donors (Lipinski definition) is 2. The van der Waals surface area contributed by atoms with Crippen LogP contribution in [0.25, 0.3) is 0 Å². The van der Waals surface area contributed by atoms with Crippen LogP contribution < -0.4 is 5.32 Å². The molecule has 7 heavy (non-hydrogen) atoms. The van der Waals surface area contributed by atoms with Gasteiger partial charge in [0.25, 0.3) is 0 Å². The van der Waals surface area contributed by atoms with Crippen LogP contribution in [0.3, 0.4) is 0 Å². The predicted molar refractivity (Wildman–Crippen MR) is 34.5 cm³/mol. The van der Waals surface area contributed by atoms with Gasteiger partial charge >= 0.3 is 0 Å². The molecule has 0 fully saturated rings. The second kappa shape index (κ2) is 6.35. The third-order valence-electron chi connectivity index (χ3n) is 0.610. The zero-order valence-electron chi connectivity index (χ0n) is 4.35. The molecule has 0 aliphatic carbocycles. The van der Waals surface area contributed by atoms with Gasteiger partial charge in [0, 0.05) is 6.54 Å². The molecular formula is C4H12NOP. The van der Waals surface area contributed by atoms with Gasteiger partial charge in [-0.3, -0.25) is 0 Å². The molecule has 0 aromatic heterocycles. The molecule has 0 aromatic carbocycles. The van der Waals surface area contributed by atoms with Crippen LogP contribution in [0, 0.1) is 0 Å². The van der Waals surface area contributed by atoms with Crippen molar-refractivity contribution >= 4 is 9.24 Å². The molecule has 0 spiro atoms. The zero-order chi connectivity index (χ0) is 5.54. The van der Waals surface area contributed by atoms with Crippen molar-refractivity contribution in [2.24, 2.45) is 0 Å². The molecule has 0 radical (unpaired) electrons. The van der Waals surface area contributed by atoms with E-state index >= 15 is 0 Å². The fraction of sp³-hybridized carbons (Fsp3) is 1.00. The van der Waals surface area contributed by atoms with Gasteiger partial charge in [0.05, 0.1) is 6.61 Å². The summed E-state index contributed by atoms with van der Waals surface area (Å²) in [5.74, 6) is 0. The largest absolute Gasteiger partial charge is 0.395 e. The van der Waals surface area contributed by atoms with E-state index in [2.05, 4.69) is 14.6 Å². The van der Waals surface area contributed by atoms with Gasteiger partial charge in [-0.25, -0.2) is 0 Å². The van der Waals surface area contributed by atoms with Crippen LogP contribution in [0.1, 0.15) is 0 Å². The predicted octanol–water partition coefficient (Wildman–Crippen LogP) is -0.557. The Bertz CT molecular complexity index is 30.9. The summed E-state index contributed by atoms with van der Waals surface area (Å²) in [5.41, 5.74) is 0. The summed E-state index contributed by atoms with van der Waals surface area (Å²) in [6.07, 6.45) is 1.06. The Morgan fingerprint density at radius 2 is 2.14 bits per heavy atom. The van der Waals surface area contributed by atoms with Crippen molar-refractivity contribution in [2.75, 3.05) is 25.9 Å². The summed E-state index contributed by atoms with van der Waals surface area (Å²) in [6.45, 7) is 1.93. The molecule has 0 aliphatic heterocycles. The molecule has 0 bridgehead atoms. The highest BCUT2D eigenvalue weighted by Crippen LogP contribution is 1.73. The Labute approximate surface area is 46.5 Å². The van der Waals surface area contributed by atoms with Crippen molar-refractivity contribution in [1.82, 2.24) is 5.32 Å². The number of hydrogen-bond acceptors (Lipinski definition) is 2. The van der Waals surface area contributed by atoms with E-state index in [1.54, 1.807) is 0 Å². The van der Waals surface area contributed by atoms with Gasteiger partial charge in [-0.2, -0.15) is 0 Å². The summed E-state index contributed by atoms with van der Waals surface area (Å²) >= 11 is 0. The fourth-order valence-electron chi connectivity index (χ4n) is 0.306. The minimum Gasteiger partial charge on any atom is -0.395 e. The molecule has 0 aliphatic rings. The quantitative estimate of drug-likeness (QED) is 0.386. The third kappa shape index (κ3) is 6.35. The molecule has 0 rings (SSSR count). The van der Waals surface area contributed by atoms with Gasteiger partial charge in [0.2, 0.25) is 0 Å². The summed E-state index contributed by atoms with van der Waals surface area (Å²) in [4.78, 5) is 0. The van der Waals surface area contributed by atoms with E-state index in [0.717, 1.165) is 12.7 Å². The van der Waals surface area contributed by atoms with Crippen molar-refractivity contribution in [3.8, 4) is 0 Å². The smallest absolute Gasteiger partial charge is 0.0555 e. The highest BCUT2D eigenvalue weighted by Gasteiger charge is 1.77. The van der Waals surface area contributed by atoms with Crippen molar-refractivity contribution in [1.29, 1.82) is 0 Å². The molecule has 1 unspecified atom stereocenters. The average molecular weight is 121 g/mol. The van der Waals surface area contributed by atoms with E-state index in [9.17, 15) is 0 Å². The number of rotatable bonds is 4. The molecule has 44 valence electrons. The molecule has 2 N–H and O–H groups in total. The second-order valence-corrected chi connectivity index (χ2v) is 1.84. The van der Waals surface area contributed by atoms with E-state index in [-0.39, 0.29) is 6.61 Å². The molecule has 0 heterocycles. The summed E-state index contributed by atoms with van der Waals surface area (Å²) in [7, 11) is 2.61. The summed E-state index contributed by atoms with van der Waals surface area (Å²) in [5, 5.41) is 11.2. The fourth-order valence-corrected chi connectivity index (χ4v) is 0.510. The summed E-state index contributed by atoms with van der Waals surface area (Å²) < 4.78 is 0. The average Bonchev–Trinajstić information content (AvgIpc) is 1.69. The van der Waals surface area contributed by atoms with Crippen molar-refractivity contribution in [3.05, 3.63) is 0 Å². The Kier molecular flexibility index (Phi) is 6.67. The highest BCUT2D eigenvalue weighted by atomic mass is 31.0. The lowest BCUT2D eigenvalue weighted by Gasteiger charge is -1.95. The molecular weight excluding hydrogens is 109 g/mol. The van der Waals surface area contributed by atoms with Gasteiger partial charge in [-0.15, -0.1) is 9.24 Å². The Hall–Kier alpha value is 0.350. The topological polar surface area (TPSA) is 32.3 Å². The van der Waals surface area contributed by atoms with Gasteiger partial charge in [0.1, 0.15) is 0 Å². The van der Waals surface area contributed by atoms with Crippen LogP contribution in [0.5, 0.6) is 0 Å². The van der Waals surface area contributed by atoms with Crippen molar-refractivity contribution in [3.63, 3.8) is 0 Å². The summed E-state index contributed by atoms with van der Waals surface area (Å²) in [6, 6.07) is 0. The number of aliphatic hydroxyl groups is 1. The molecule has 0 aromatic rings. The monoisotopic (exact) mass is 121 g/mol. The SMILES string of the molecule is OCCNCCP. The van der Waals surface area contributed by atoms with Gasteiger partial charge in [-0.1, -0.05) is 0 Å². The lowest BCUT2D eigenvalue weighted by atomic mass is 10.6. The standard InChI is InChI=1S/C4H12NOP/c6-3-1-5-2-4-7/h5-6H,1-4,7H2. The van der Waals surface area contributed by atoms with Crippen LogP contribution in [-0.2, 0) is 0 Å². The molecule has 2 nitrogen and oxygen atoms in total.